The summed E-state index contributed by atoms with van der Waals surface area (Å²) in [5, 5.41) is 3.41. The normalized spacial score (nSPS) is 33.5. The first kappa shape index (κ1) is 14.3. The van der Waals surface area contributed by atoms with Crippen molar-refractivity contribution < 1.29 is 4.79 Å². The molecule has 1 aliphatic carbocycles. The highest BCUT2D eigenvalue weighted by Gasteiger charge is 2.32. The molecule has 4 heteroatoms. The van der Waals surface area contributed by atoms with Crippen molar-refractivity contribution in [2.24, 2.45) is 5.92 Å². The van der Waals surface area contributed by atoms with Crippen LogP contribution in [-0.4, -0.2) is 60.5 Å². The average molecular weight is 279 g/mol. The lowest BCUT2D eigenvalue weighted by molar-refractivity contribution is -0.136. The zero-order valence-corrected chi connectivity index (χ0v) is 12.8. The molecule has 114 valence electrons. The van der Waals surface area contributed by atoms with Crippen LogP contribution in [0.4, 0.5) is 0 Å². The first-order valence-corrected chi connectivity index (χ1v) is 8.50. The summed E-state index contributed by atoms with van der Waals surface area (Å²) in [4.78, 5) is 17.3. The Kier molecular flexibility index (Phi) is 4.61. The Balaban J connectivity index is 1.48. The minimum Gasteiger partial charge on any atom is -0.339 e. The maximum absolute atomic E-state index is 12.6. The van der Waals surface area contributed by atoms with Crippen molar-refractivity contribution in [1.82, 2.24) is 15.1 Å². The smallest absolute Gasteiger partial charge is 0.239 e. The van der Waals surface area contributed by atoms with Crippen molar-refractivity contribution in [1.29, 1.82) is 0 Å². The van der Waals surface area contributed by atoms with Crippen molar-refractivity contribution in [2.45, 2.75) is 57.5 Å². The van der Waals surface area contributed by atoms with Crippen LogP contribution in [0.5, 0.6) is 0 Å². The van der Waals surface area contributed by atoms with Crippen LogP contribution in [-0.2, 0) is 4.79 Å². The summed E-state index contributed by atoms with van der Waals surface area (Å²) in [5.74, 6) is 1.03. The van der Waals surface area contributed by atoms with Gasteiger partial charge in [-0.15, -0.1) is 0 Å². The number of piperidine rings is 1. The fourth-order valence-electron chi connectivity index (χ4n) is 4.09. The van der Waals surface area contributed by atoms with E-state index in [1.165, 1.54) is 32.1 Å². The lowest BCUT2D eigenvalue weighted by Gasteiger charge is -2.40. The minimum atomic E-state index is 0.0804. The van der Waals surface area contributed by atoms with Crippen LogP contribution in [0.1, 0.15) is 45.4 Å². The molecule has 3 fully saturated rings. The van der Waals surface area contributed by atoms with Crippen LogP contribution in [0.3, 0.4) is 0 Å². The van der Waals surface area contributed by atoms with Gasteiger partial charge >= 0.3 is 0 Å². The highest BCUT2D eigenvalue weighted by molar-refractivity contribution is 5.82. The van der Waals surface area contributed by atoms with E-state index in [1.807, 2.05) is 0 Å². The van der Waals surface area contributed by atoms with E-state index in [4.69, 9.17) is 0 Å². The molecule has 2 atom stereocenters. The van der Waals surface area contributed by atoms with E-state index in [9.17, 15) is 4.79 Å². The molecule has 0 radical (unpaired) electrons. The van der Waals surface area contributed by atoms with E-state index in [1.54, 1.807) is 0 Å². The number of hydrogen-bond donors (Lipinski definition) is 1. The number of amides is 1. The van der Waals surface area contributed by atoms with E-state index in [0.717, 1.165) is 45.2 Å². The second-order valence-corrected chi connectivity index (χ2v) is 6.94. The van der Waals surface area contributed by atoms with Crippen LogP contribution in [0.15, 0.2) is 0 Å². The predicted molar refractivity (Wildman–Crippen MR) is 80.6 cm³/mol. The third-order valence-electron chi connectivity index (χ3n) is 5.43. The Hall–Kier alpha value is -0.610. The van der Waals surface area contributed by atoms with Crippen LogP contribution in [0.25, 0.3) is 0 Å². The molecule has 1 N–H and O–H groups in total. The van der Waals surface area contributed by atoms with Gasteiger partial charge < -0.3 is 10.2 Å². The van der Waals surface area contributed by atoms with Gasteiger partial charge in [-0.2, -0.15) is 0 Å². The summed E-state index contributed by atoms with van der Waals surface area (Å²) in [7, 11) is 0. The van der Waals surface area contributed by atoms with Gasteiger partial charge in [-0.25, -0.2) is 0 Å². The Morgan fingerprint density at radius 1 is 1.05 bits per heavy atom. The molecule has 2 aliphatic heterocycles. The monoisotopic (exact) mass is 279 g/mol. The van der Waals surface area contributed by atoms with Crippen molar-refractivity contribution >= 4 is 5.91 Å². The fourth-order valence-corrected chi connectivity index (χ4v) is 4.09. The van der Waals surface area contributed by atoms with Crippen LogP contribution < -0.4 is 5.32 Å². The van der Waals surface area contributed by atoms with Gasteiger partial charge in [0.2, 0.25) is 5.91 Å². The van der Waals surface area contributed by atoms with Crippen molar-refractivity contribution in [3.63, 3.8) is 0 Å². The molecule has 20 heavy (non-hydrogen) atoms. The van der Waals surface area contributed by atoms with E-state index in [2.05, 4.69) is 22.0 Å². The molecule has 0 spiro atoms. The Bertz CT molecular complexity index is 333. The Labute approximate surface area is 122 Å². The number of hydrogen-bond acceptors (Lipinski definition) is 3. The van der Waals surface area contributed by atoms with Crippen molar-refractivity contribution in [2.75, 3.05) is 32.7 Å². The predicted octanol–water partition coefficient (Wildman–Crippen LogP) is 1.46. The molecule has 4 nitrogen and oxygen atoms in total. The van der Waals surface area contributed by atoms with E-state index < -0.39 is 0 Å². The molecule has 2 saturated heterocycles. The van der Waals surface area contributed by atoms with Crippen LogP contribution in [0, 0.1) is 5.92 Å². The van der Waals surface area contributed by atoms with Gasteiger partial charge in [0.15, 0.2) is 0 Å². The molecule has 2 unspecified atom stereocenters. The number of carbonyl (C=O) groups is 1. The third kappa shape index (κ3) is 3.17. The molecular weight excluding hydrogens is 250 g/mol. The SMILES string of the molecule is CC1CCNC(C(=O)N2CCN(C3CCCC3)CC2)C1. The second-order valence-electron chi connectivity index (χ2n) is 6.94. The van der Waals surface area contributed by atoms with Gasteiger partial charge in [-0.3, -0.25) is 9.69 Å². The number of piperazine rings is 1. The number of carbonyl (C=O) groups excluding carboxylic acids is 1. The standard InChI is InChI=1S/C16H29N3O/c1-13-6-7-17-15(12-13)16(20)19-10-8-18(9-11-19)14-4-2-3-5-14/h13-15,17H,2-12H2,1H3. The molecule has 1 saturated carbocycles. The van der Waals surface area contributed by atoms with Gasteiger partial charge in [0.1, 0.15) is 0 Å². The Morgan fingerprint density at radius 3 is 2.40 bits per heavy atom. The molecule has 1 amide bonds. The van der Waals surface area contributed by atoms with Gasteiger partial charge in [0.25, 0.3) is 0 Å². The molecule has 0 bridgehead atoms. The summed E-state index contributed by atoms with van der Waals surface area (Å²) >= 11 is 0. The van der Waals surface area contributed by atoms with Gasteiger partial charge in [0, 0.05) is 32.2 Å². The summed E-state index contributed by atoms with van der Waals surface area (Å²) in [6.45, 7) is 7.29. The molecule has 0 aromatic rings. The summed E-state index contributed by atoms with van der Waals surface area (Å²) in [6, 6.07) is 0.886. The second kappa shape index (κ2) is 6.44. The molecule has 2 heterocycles. The summed E-state index contributed by atoms with van der Waals surface area (Å²) < 4.78 is 0. The molecule has 0 aromatic carbocycles. The molecule has 3 aliphatic rings. The number of nitrogens with one attached hydrogen (secondary N) is 1. The quantitative estimate of drug-likeness (QED) is 0.831. The zero-order valence-electron chi connectivity index (χ0n) is 12.8. The highest BCUT2D eigenvalue weighted by Crippen LogP contribution is 2.24. The van der Waals surface area contributed by atoms with E-state index in [0.29, 0.717) is 11.8 Å². The van der Waals surface area contributed by atoms with Crippen LogP contribution >= 0.6 is 0 Å². The van der Waals surface area contributed by atoms with Gasteiger partial charge in [0.05, 0.1) is 6.04 Å². The lowest BCUT2D eigenvalue weighted by atomic mass is 9.93. The Morgan fingerprint density at radius 2 is 1.75 bits per heavy atom. The summed E-state index contributed by atoms with van der Waals surface area (Å²) in [5.41, 5.74) is 0. The topological polar surface area (TPSA) is 35.6 Å². The molecule has 0 aromatic heterocycles. The average Bonchev–Trinajstić information content (AvgIpc) is 3.01. The molecular formula is C16H29N3O. The van der Waals surface area contributed by atoms with Gasteiger partial charge in [-0.1, -0.05) is 19.8 Å². The molecule has 3 rings (SSSR count). The zero-order chi connectivity index (χ0) is 13.9. The van der Waals surface area contributed by atoms with Crippen LogP contribution in [0.2, 0.25) is 0 Å². The van der Waals surface area contributed by atoms with Crippen molar-refractivity contribution in [3.8, 4) is 0 Å². The third-order valence-corrected chi connectivity index (χ3v) is 5.43. The maximum Gasteiger partial charge on any atom is 0.239 e. The first-order valence-electron chi connectivity index (χ1n) is 8.50. The maximum atomic E-state index is 12.6. The number of nitrogens with zero attached hydrogens (tertiary/aromatic N) is 2. The largest absolute Gasteiger partial charge is 0.339 e. The summed E-state index contributed by atoms with van der Waals surface area (Å²) in [6.07, 6.45) is 7.76. The van der Waals surface area contributed by atoms with E-state index >= 15 is 0 Å². The first-order chi connectivity index (χ1) is 9.74. The van der Waals surface area contributed by atoms with E-state index in [-0.39, 0.29) is 6.04 Å². The fraction of sp³-hybridized carbons (Fsp3) is 0.938. The minimum absolute atomic E-state index is 0.0804. The lowest BCUT2D eigenvalue weighted by Crippen LogP contribution is -2.56. The highest BCUT2D eigenvalue weighted by atomic mass is 16.2. The number of rotatable bonds is 2. The van der Waals surface area contributed by atoms with Gasteiger partial charge in [-0.05, 0) is 38.1 Å². The van der Waals surface area contributed by atoms with Crippen molar-refractivity contribution in [3.05, 3.63) is 0 Å².